The largest absolute Gasteiger partial charge is 0.394 e. The van der Waals surface area contributed by atoms with E-state index in [1.807, 2.05) is 0 Å². The summed E-state index contributed by atoms with van der Waals surface area (Å²) in [5.41, 5.74) is 6.22. The quantitative estimate of drug-likeness (QED) is 0.220. The van der Waals surface area contributed by atoms with E-state index in [2.05, 4.69) is 15.0 Å². The Morgan fingerprint density at radius 2 is 1.93 bits per heavy atom. The van der Waals surface area contributed by atoms with Crippen molar-refractivity contribution in [2.75, 3.05) is 12.3 Å². The zero-order chi connectivity index (χ0) is 20.6. The van der Waals surface area contributed by atoms with Crippen LogP contribution in [0.4, 0.5) is 5.82 Å². The lowest BCUT2D eigenvalue weighted by molar-refractivity contribution is -0.144. The number of anilines is 1. The van der Waals surface area contributed by atoms with Gasteiger partial charge in [0.25, 0.3) is 0 Å². The minimum atomic E-state index is -2.00. The third kappa shape index (κ3) is 3.56. The van der Waals surface area contributed by atoms with Gasteiger partial charge in [-0.2, -0.15) is 0 Å². The summed E-state index contributed by atoms with van der Waals surface area (Å²) < 4.78 is 6.89. The summed E-state index contributed by atoms with van der Waals surface area (Å²) in [6.07, 6.45) is -8.99. The van der Waals surface area contributed by atoms with Crippen LogP contribution >= 0.6 is 0 Å². The van der Waals surface area contributed by atoms with Crippen LogP contribution in [-0.4, -0.2) is 99.2 Å². The fourth-order valence-corrected chi connectivity index (χ4v) is 3.01. The second-order valence-corrected chi connectivity index (χ2v) is 6.49. The number of nitrogens with two attached hydrogens (primary N) is 1. The van der Waals surface area contributed by atoms with Crippen molar-refractivity contribution in [2.24, 2.45) is 0 Å². The van der Waals surface area contributed by atoms with Gasteiger partial charge in [-0.05, 0) is 0 Å². The Morgan fingerprint density at radius 3 is 2.61 bits per heavy atom. The normalized spacial score (nSPS) is 28.4. The van der Waals surface area contributed by atoms with Gasteiger partial charge in [0, 0.05) is 6.42 Å². The zero-order valence-electron chi connectivity index (χ0n) is 14.5. The Labute approximate surface area is 157 Å². The highest BCUT2D eigenvalue weighted by molar-refractivity contribution is 5.84. The second kappa shape index (κ2) is 8.00. The molecule has 0 saturated carbocycles. The van der Waals surface area contributed by atoms with Crippen LogP contribution in [0.2, 0.25) is 0 Å². The van der Waals surface area contributed by atoms with Crippen molar-refractivity contribution in [1.29, 1.82) is 0 Å². The maximum Gasteiger partial charge on any atom is 0.167 e. The van der Waals surface area contributed by atoms with Crippen LogP contribution in [0, 0.1) is 0 Å². The number of nitrogens with zero attached hydrogens (tertiary/aromatic N) is 4. The van der Waals surface area contributed by atoms with Crippen LogP contribution in [-0.2, 0) is 9.53 Å². The maximum atomic E-state index is 12.1. The number of hydrogen-bond acceptors (Lipinski definition) is 12. The molecule has 1 fully saturated rings. The Hall–Kier alpha value is -2.26. The SMILES string of the molecule is Nc1ncnc2c1ncn2[C@@H]1O[C@H](C[13C](=O)[13C@H](O)[13C@H](O)[13C@H](O)[13CH2]O)[C@@H](O)[C@H]1O. The Bertz CT molecular complexity index is 847. The average molecular weight is 404 g/mol. The Balaban J connectivity index is 1.75. The predicted molar refractivity (Wildman–Crippen MR) is 90.4 cm³/mol. The Kier molecular flexibility index (Phi) is 5.85. The van der Waals surface area contributed by atoms with E-state index >= 15 is 0 Å². The number of carbonyl (C=O) groups is 1. The van der Waals surface area contributed by atoms with E-state index < -0.39 is 61.7 Å². The molecule has 0 aromatic carbocycles. The number of aliphatic hydroxyl groups excluding tert-OH is 6. The van der Waals surface area contributed by atoms with Gasteiger partial charge in [0.2, 0.25) is 0 Å². The summed E-state index contributed by atoms with van der Waals surface area (Å²) in [5.74, 6) is -0.831. The molecule has 0 bridgehead atoms. The third-order valence-electron chi connectivity index (χ3n) is 4.64. The molecule has 2 aromatic heterocycles. The molecule has 2 aromatic rings. The standard InChI is InChI=1S/C15H21N5O8/c16-13-8-14(18-3-17-13)20(4-19-8)15-12(27)11(26)7(28-15)1-5(22)9(24)10(25)6(23)2-21/h3-4,6-7,9-12,15,21,23-27H,1-2H2,(H2,16,17,18)/t6-,7-,9+,10-,11-,12-,15-/m1/s1/i2+1,5+1,6+1,9+1,10+1. The molecular weight excluding hydrogens is 383 g/mol. The molecule has 0 radical (unpaired) electrons. The molecule has 3 heterocycles. The van der Waals surface area contributed by atoms with Crippen LogP contribution < -0.4 is 5.73 Å². The number of hydrogen-bond donors (Lipinski definition) is 7. The maximum absolute atomic E-state index is 12.1. The summed E-state index contributed by atoms with van der Waals surface area (Å²) in [6, 6.07) is 0. The molecule has 0 aliphatic carbocycles. The molecule has 154 valence electrons. The van der Waals surface area contributed by atoms with Gasteiger partial charge < -0.3 is 41.1 Å². The summed E-state index contributed by atoms with van der Waals surface area (Å²) in [4.78, 5) is 24.0. The van der Waals surface area contributed by atoms with Gasteiger partial charge in [-0.1, -0.05) is 0 Å². The van der Waals surface area contributed by atoms with Crippen LogP contribution in [0.1, 0.15) is 12.6 Å². The predicted octanol–water partition coefficient (Wildman–Crippen LogP) is -3.94. The first-order valence-corrected chi connectivity index (χ1v) is 8.38. The minimum Gasteiger partial charge on any atom is -0.394 e. The molecule has 28 heavy (non-hydrogen) atoms. The highest BCUT2D eigenvalue weighted by Crippen LogP contribution is 2.33. The molecule has 1 aliphatic rings. The van der Waals surface area contributed by atoms with Gasteiger partial charge in [0.1, 0.15) is 42.4 Å². The first kappa shape index (κ1) is 20.5. The minimum absolute atomic E-state index is 0.114. The highest BCUT2D eigenvalue weighted by atomic mass is 16.6. The smallest absolute Gasteiger partial charge is 0.167 e. The molecule has 1 aliphatic heterocycles. The summed E-state index contributed by atoms with van der Waals surface area (Å²) in [5, 5.41) is 58.1. The lowest BCUT2D eigenvalue weighted by Crippen LogP contribution is -2.45. The number of fused-ring (bicyclic) bond motifs is 1. The monoisotopic (exact) mass is 404 g/mol. The van der Waals surface area contributed by atoms with E-state index in [0.717, 1.165) is 0 Å². The fraction of sp³-hybridized carbons (Fsp3) is 0.600. The lowest BCUT2D eigenvalue weighted by Gasteiger charge is -2.22. The van der Waals surface area contributed by atoms with Crippen LogP contribution in [0.5, 0.6) is 0 Å². The molecule has 3 rings (SSSR count). The van der Waals surface area contributed by atoms with Gasteiger partial charge in [-0.25, -0.2) is 15.0 Å². The van der Waals surface area contributed by atoms with E-state index in [-0.39, 0.29) is 17.0 Å². The molecule has 13 nitrogen and oxygen atoms in total. The van der Waals surface area contributed by atoms with E-state index in [4.69, 9.17) is 15.6 Å². The van der Waals surface area contributed by atoms with Crippen LogP contribution in [0.25, 0.3) is 11.2 Å². The Morgan fingerprint density at radius 1 is 1.21 bits per heavy atom. The van der Waals surface area contributed by atoms with Crippen molar-refractivity contribution in [3.63, 3.8) is 0 Å². The number of rotatable bonds is 7. The van der Waals surface area contributed by atoms with Crippen molar-refractivity contribution in [1.82, 2.24) is 19.5 Å². The number of ketones is 1. The second-order valence-electron chi connectivity index (χ2n) is 6.49. The van der Waals surface area contributed by atoms with Gasteiger partial charge in [0.15, 0.2) is 23.5 Å². The van der Waals surface area contributed by atoms with Crippen molar-refractivity contribution < 1.29 is 40.2 Å². The molecule has 7 atom stereocenters. The van der Waals surface area contributed by atoms with Crippen molar-refractivity contribution in [3.05, 3.63) is 12.7 Å². The number of aliphatic hydroxyl groups is 6. The first-order chi connectivity index (χ1) is 13.3. The molecule has 8 N–H and O–H groups in total. The summed E-state index contributed by atoms with van der Waals surface area (Å²) in [6.45, 7) is -0.854. The van der Waals surface area contributed by atoms with Gasteiger partial charge in [0.05, 0.1) is 19.0 Å². The first-order valence-electron chi connectivity index (χ1n) is 8.38. The van der Waals surface area contributed by atoms with Gasteiger partial charge in [-0.3, -0.25) is 9.36 Å². The number of aromatic nitrogens is 4. The van der Waals surface area contributed by atoms with Crippen molar-refractivity contribution in [3.8, 4) is 0 Å². The number of Topliss-reactive ketones (excluding diaryl/α,β-unsaturated/α-hetero) is 1. The van der Waals surface area contributed by atoms with Gasteiger partial charge in [-0.15, -0.1) is 0 Å². The lowest BCUT2D eigenvalue weighted by atomic mass is 10.1. The fourth-order valence-electron chi connectivity index (χ4n) is 3.01. The third-order valence-corrected chi connectivity index (χ3v) is 4.64. The molecular formula is C15H21N5O8. The summed E-state index contributed by atoms with van der Waals surface area (Å²) >= 11 is 0. The van der Waals surface area contributed by atoms with Crippen molar-refractivity contribution in [2.45, 2.75) is 49.3 Å². The van der Waals surface area contributed by atoms with Gasteiger partial charge >= 0.3 is 0 Å². The van der Waals surface area contributed by atoms with E-state index in [1.165, 1.54) is 17.2 Å². The van der Waals surface area contributed by atoms with Crippen LogP contribution in [0.15, 0.2) is 12.7 Å². The average Bonchev–Trinajstić information content (AvgIpc) is 3.23. The van der Waals surface area contributed by atoms with E-state index in [1.54, 1.807) is 0 Å². The summed E-state index contributed by atoms with van der Waals surface area (Å²) in [7, 11) is 0. The number of nitrogen functional groups attached to an aromatic ring is 1. The zero-order valence-corrected chi connectivity index (χ0v) is 14.5. The molecule has 0 unspecified atom stereocenters. The number of carbonyl (C=O) groups excluding carboxylic acids is 1. The topological polar surface area (TPSA) is 217 Å². The molecule has 1 saturated heterocycles. The van der Waals surface area contributed by atoms with E-state index in [0.29, 0.717) is 0 Å². The van der Waals surface area contributed by atoms with Crippen molar-refractivity contribution >= 4 is 22.8 Å². The molecule has 0 spiro atoms. The number of imidazole rings is 1. The highest BCUT2D eigenvalue weighted by Gasteiger charge is 2.46. The molecule has 13 heteroatoms. The van der Waals surface area contributed by atoms with E-state index in [9.17, 15) is 30.3 Å². The molecule has 0 amide bonds. The number of ether oxygens (including phenoxy) is 1. The van der Waals surface area contributed by atoms with Crippen LogP contribution in [0.3, 0.4) is 0 Å².